The summed E-state index contributed by atoms with van der Waals surface area (Å²) < 4.78 is 45.2. The predicted molar refractivity (Wildman–Crippen MR) is 70.7 cm³/mol. The van der Waals surface area contributed by atoms with Gasteiger partial charge in [-0.2, -0.15) is 0 Å². The summed E-state index contributed by atoms with van der Waals surface area (Å²) >= 11 is 0. The van der Waals surface area contributed by atoms with Gasteiger partial charge in [0.2, 0.25) is 10.0 Å². The molecule has 0 saturated heterocycles. The Hall–Kier alpha value is -1.02. The predicted octanol–water partition coefficient (Wildman–Crippen LogP) is 0.906. The Kier molecular flexibility index (Phi) is 5.42. The topological polar surface area (TPSA) is 81.4 Å². The van der Waals surface area contributed by atoms with Crippen molar-refractivity contribution in [2.45, 2.75) is 31.3 Å². The van der Waals surface area contributed by atoms with Gasteiger partial charge >= 0.3 is 0 Å². The number of aryl methyl sites for hydroxylation is 1. The molecule has 0 amide bonds. The van der Waals surface area contributed by atoms with Gasteiger partial charge in [-0.25, -0.2) is 17.5 Å². The van der Waals surface area contributed by atoms with E-state index in [2.05, 4.69) is 4.72 Å². The Morgan fingerprint density at radius 2 is 2.11 bits per heavy atom. The van der Waals surface area contributed by atoms with Crippen LogP contribution < -0.4 is 10.5 Å². The van der Waals surface area contributed by atoms with Gasteiger partial charge < -0.3 is 10.5 Å². The first-order valence-electron chi connectivity index (χ1n) is 5.82. The summed E-state index contributed by atoms with van der Waals surface area (Å²) in [5, 5.41) is 0. The highest BCUT2D eigenvalue weighted by Crippen LogP contribution is 2.19. The molecule has 0 radical (unpaired) electrons. The second-order valence-corrected chi connectivity index (χ2v) is 6.11. The number of sulfonamides is 1. The lowest BCUT2D eigenvalue weighted by molar-refractivity contribution is 0.180. The molecular formula is C12H19FN2O3S. The average Bonchev–Trinajstić information content (AvgIpc) is 2.31. The SMILES string of the molecule is COCC(C)NS(=O)(=O)c1cc(C)c(F)c(CN)c1. The molecule has 0 aliphatic heterocycles. The van der Waals surface area contributed by atoms with Crippen molar-refractivity contribution in [2.24, 2.45) is 5.73 Å². The third kappa shape index (κ3) is 3.97. The van der Waals surface area contributed by atoms with Crippen LogP contribution in [0.25, 0.3) is 0 Å². The molecule has 0 aromatic heterocycles. The highest BCUT2D eigenvalue weighted by molar-refractivity contribution is 7.89. The number of ether oxygens (including phenoxy) is 1. The minimum absolute atomic E-state index is 0.00908. The van der Waals surface area contributed by atoms with E-state index in [-0.39, 0.29) is 35.2 Å². The molecule has 1 unspecified atom stereocenters. The van der Waals surface area contributed by atoms with E-state index in [1.165, 1.54) is 26.2 Å². The Morgan fingerprint density at radius 3 is 2.63 bits per heavy atom. The van der Waals surface area contributed by atoms with Gasteiger partial charge in [-0.05, 0) is 31.5 Å². The van der Waals surface area contributed by atoms with E-state index in [1.54, 1.807) is 6.92 Å². The van der Waals surface area contributed by atoms with Gasteiger partial charge in [0, 0.05) is 25.3 Å². The largest absolute Gasteiger partial charge is 0.383 e. The summed E-state index contributed by atoms with van der Waals surface area (Å²) in [5.41, 5.74) is 5.84. The second kappa shape index (κ2) is 6.42. The standard InChI is InChI=1S/C12H19FN2O3S/c1-8-4-11(5-10(6-14)12(8)13)19(16,17)15-9(2)7-18-3/h4-5,9,15H,6-7,14H2,1-3H3. The van der Waals surface area contributed by atoms with Crippen LogP contribution in [-0.4, -0.2) is 28.2 Å². The molecule has 0 aliphatic carbocycles. The molecule has 3 N–H and O–H groups in total. The van der Waals surface area contributed by atoms with Crippen molar-refractivity contribution in [3.63, 3.8) is 0 Å². The first-order valence-corrected chi connectivity index (χ1v) is 7.30. The Morgan fingerprint density at radius 1 is 1.47 bits per heavy atom. The number of nitrogens with two attached hydrogens (primary N) is 1. The molecule has 0 heterocycles. The summed E-state index contributed by atoms with van der Waals surface area (Å²) in [5.74, 6) is -0.466. The normalized spacial score (nSPS) is 13.5. The summed E-state index contributed by atoms with van der Waals surface area (Å²) in [6.07, 6.45) is 0. The minimum atomic E-state index is -3.71. The van der Waals surface area contributed by atoms with Crippen molar-refractivity contribution in [3.8, 4) is 0 Å². The van der Waals surface area contributed by atoms with Crippen LogP contribution >= 0.6 is 0 Å². The molecule has 1 aromatic carbocycles. The van der Waals surface area contributed by atoms with E-state index in [1.807, 2.05) is 0 Å². The lowest BCUT2D eigenvalue weighted by Crippen LogP contribution is -2.35. The third-order valence-corrected chi connectivity index (χ3v) is 4.18. The summed E-state index contributed by atoms with van der Waals surface area (Å²) in [6, 6.07) is 2.17. The molecule has 19 heavy (non-hydrogen) atoms. The van der Waals surface area contributed by atoms with E-state index in [0.29, 0.717) is 0 Å². The fraction of sp³-hybridized carbons (Fsp3) is 0.500. The first kappa shape index (κ1) is 16.0. The van der Waals surface area contributed by atoms with E-state index in [0.717, 1.165) is 0 Å². The fourth-order valence-corrected chi connectivity index (χ4v) is 3.09. The quantitative estimate of drug-likeness (QED) is 0.816. The highest BCUT2D eigenvalue weighted by Gasteiger charge is 2.20. The Bertz CT molecular complexity index is 546. The van der Waals surface area contributed by atoms with Crippen molar-refractivity contribution < 1.29 is 17.5 Å². The highest BCUT2D eigenvalue weighted by atomic mass is 32.2. The van der Waals surface area contributed by atoms with Crippen molar-refractivity contribution in [1.29, 1.82) is 0 Å². The minimum Gasteiger partial charge on any atom is -0.383 e. The van der Waals surface area contributed by atoms with E-state index < -0.39 is 15.8 Å². The van der Waals surface area contributed by atoms with Crippen LogP contribution in [0.3, 0.4) is 0 Å². The number of hydrogen-bond donors (Lipinski definition) is 2. The Labute approximate surface area is 113 Å². The smallest absolute Gasteiger partial charge is 0.240 e. The number of rotatable bonds is 6. The maximum absolute atomic E-state index is 13.6. The number of hydrogen-bond acceptors (Lipinski definition) is 4. The van der Waals surface area contributed by atoms with Gasteiger partial charge in [-0.1, -0.05) is 0 Å². The zero-order chi connectivity index (χ0) is 14.6. The lowest BCUT2D eigenvalue weighted by atomic mass is 10.1. The van der Waals surface area contributed by atoms with Crippen LogP contribution in [0.2, 0.25) is 0 Å². The van der Waals surface area contributed by atoms with Gasteiger partial charge in [0.1, 0.15) is 5.82 Å². The van der Waals surface area contributed by atoms with Crippen molar-refractivity contribution in [2.75, 3.05) is 13.7 Å². The zero-order valence-electron chi connectivity index (χ0n) is 11.2. The van der Waals surface area contributed by atoms with Gasteiger partial charge in [-0.3, -0.25) is 0 Å². The Balaban J connectivity index is 3.11. The number of nitrogens with one attached hydrogen (secondary N) is 1. The van der Waals surface area contributed by atoms with Crippen molar-refractivity contribution in [1.82, 2.24) is 4.72 Å². The molecule has 0 aliphatic rings. The third-order valence-electron chi connectivity index (χ3n) is 2.61. The van der Waals surface area contributed by atoms with E-state index >= 15 is 0 Å². The molecule has 1 aromatic rings. The van der Waals surface area contributed by atoms with Crippen LogP contribution in [0.4, 0.5) is 4.39 Å². The summed E-state index contributed by atoms with van der Waals surface area (Å²) in [6.45, 7) is 3.39. The van der Waals surface area contributed by atoms with Gasteiger partial charge in [0.25, 0.3) is 0 Å². The van der Waals surface area contributed by atoms with Crippen molar-refractivity contribution in [3.05, 3.63) is 29.1 Å². The maximum Gasteiger partial charge on any atom is 0.240 e. The zero-order valence-corrected chi connectivity index (χ0v) is 12.1. The molecule has 1 atom stereocenters. The molecule has 108 valence electrons. The number of halogens is 1. The first-order chi connectivity index (χ1) is 8.81. The molecule has 0 fully saturated rings. The maximum atomic E-state index is 13.6. The van der Waals surface area contributed by atoms with Crippen LogP contribution in [0.5, 0.6) is 0 Å². The number of methoxy groups -OCH3 is 1. The fourth-order valence-electron chi connectivity index (χ4n) is 1.73. The van der Waals surface area contributed by atoms with Crippen molar-refractivity contribution >= 4 is 10.0 Å². The molecule has 7 heteroatoms. The average molecular weight is 290 g/mol. The molecule has 0 bridgehead atoms. The molecule has 0 spiro atoms. The summed E-state index contributed by atoms with van der Waals surface area (Å²) in [4.78, 5) is 0.00908. The van der Waals surface area contributed by atoms with Crippen LogP contribution in [-0.2, 0) is 21.3 Å². The molecular weight excluding hydrogens is 271 g/mol. The second-order valence-electron chi connectivity index (χ2n) is 4.40. The number of benzene rings is 1. The van der Waals surface area contributed by atoms with Crippen LogP contribution in [0, 0.1) is 12.7 Å². The molecule has 0 saturated carbocycles. The van der Waals surface area contributed by atoms with Crippen LogP contribution in [0.15, 0.2) is 17.0 Å². The van der Waals surface area contributed by atoms with E-state index in [9.17, 15) is 12.8 Å². The molecule has 1 rings (SSSR count). The van der Waals surface area contributed by atoms with Crippen LogP contribution in [0.1, 0.15) is 18.1 Å². The monoisotopic (exact) mass is 290 g/mol. The van der Waals surface area contributed by atoms with Gasteiger partial charge in [0.15, 0.2) is 0 Å². The summed E-state index contributed by atoms with van der Waals surface area (Å²) in [7, 11) is -2.22. The molecule has 5 nitrogen and oxygen atoms in total. The van der Waals surface area contributed by atoms with Gasteiger partial charge in [-0.15, -0.1) is 0 Å². The van der Waals surface area contributed by atoms with Gasteiger partial charge in [0.05, 0.1) is 11.5 Å². The lowest BCUT2D eigenvalue weighted by Gasteiger charge is -2.14. The van der Waals surface area contributed by atoms with E-state index in [4.69, 9.17) is 10.5 Å².